The molecule has 1 atom stereocenters. The Morgan fingerprint density at radius 2 is 1.37 bits per heavy atom. The van der Waals surface area contributed by atoms with Gasteiger partial charge in [-0.2, -0.15) is 0 Å². The molecule has 1 unspecified atom stereocenters. The zero-order valence-corrected chi connectivity index (χ0v) is 12.5. The van der Waals surface area contributed by atoms with Crippen LogP contribution in [0.1, 0.15) is 24.0 Å². The van der Waals surface area contributed by atoms with Crippen LogP contribution in [0.2, 0.25) is 15.1 Å². The third-order valence-electron chi connectivity index (χ3n) is 3.13. The van der Waals surface area contributed by atoms with Crippen LogP contribution in [0.5, 0.6) is 0 Å². The number of hydrogen-bond acceptors (Lipinski definition) is 2. The second-order valence-corrected chi connectivity index (χ2v) is 5.62. The largest absolute Gasteiger partial charge is 0.398 e. The van der Waals surface area contributed by atoms with Crippen LogP contribution in [0, 0.1) is 0 Å². The molecule has 0 saturated carbocycles. The minimum Gasteiger partial charge on any atom is -0.398 e. The molecule has 0 aliphatic rings. The molecule has 0 aromatic heterocycles. The lowest BCUT2D eigenvalue weighted by Crippen LogP contribution is -1.99. The second kappa shape index (κ2) is 5.49. The van der Waals surface area contributed by atoms with E-state index in [1.807, 2.05) is 31.2 Å². The first-order valence-corrected chi connectivity index (χ1v) is 6.83. The van der Waals surface area contributed by atoms with Crippen LogP contribution in [0.3, 0.4) is 0 Å². The van der Waals surface area contributed by atoms with Crippen LogP contribution < -0.4 is 11.5 Å². The SMILES string of the molecule is CC(c1ccc(N)c(Cl)c1)c1cc(Cl)c(N)c(Cl)c1. The van der Waals surface area contributed by atoms with Gasteiger partial charge in [-0.05, 0) is 35.4 Å². The Morgan fingerprint density at radius 1 is 0.842 bits per heavy atom. The summed E-state index contributed by atoms with van der Waals surface area (Å²) in [5.74, 6) is 0.0914. The Balaban J connectivity index is 2.43. The Bertz CT molecular complexity index is 603. The highest BCUT2D eigenvalue weighted by molar-refractivity contribution is 6.39. The Morgan fingerprint density at radius 3 is 1.89 bits per heavy atom. The van der Waals surface area contributed by atoms with Gasteiger partial charge in [-0.25, -0.2) is 0 Å². The first-order chi connectivity index (χ1) is 8.90. The van der Waals surface area contributed by atoms with Crippen molar-refractivity contribution in [3.05, 3.63) is 56.5 Å². The van der Waals surface area contributed by atoms with Gasteiger partial charge in [0.05, 0.1) is 26.4 Å². The summed E-state index contributed by atoms with van der Waals surface area (Å²) >= 11 is 18.1. The molecule has 4 N–H and O–H groups in total. The van der Waals surface area contributed by atoms with E-state index in [1.54, 1.807) is 6.07 Å². The first kappa shape index (κ1) is 14.3. The lowest BCUT2D eigenvalue weighted by atomic mass is 9.93. The van der Waals surface area contributed by atoms with Crippen LogP contribution in [0.25, 0.3) is 0 Å². The van der Waals surface area contributed by atoms with Gasteiger partial charge < -0.3 is 11.5 Å². The molecule has 2 rings (SSSR count). The predicted molar refractivity (Wildman–Crippen MR) is 84.3 cm³/mol. The Hall–Kier alpha value is -1.09. The fourth-order valence-electron chi connectivity index (χ4n) is 1.86. The van der Waals surface area contributed by atoms with Gasteiger partial charge in [-0.15, -0.1) is 0 Å². The van der Waals surface area contributed by atoms with E-state index in [9.17, 15) is 0 Å². The highest BCUT2D eigenvalue weighted by atomic mass is 35.5. The lowest BCUT2D eigenvalue weighted by molar-refractivity contribution is 0.923. The standard InChI is InChI=1S/C14H13Cl3N2/c1-7(8-2-3-13(18)10(15)4-8)9-5-11(16)14(19)12(17)6-9/h2-7H,18-19H2,1H3. The third kappa shape index (κ3) is 2.92. The zero-order valence-electron chi connectivity index (χ0n) is 10.3. The van der Waals surface area contributed by atoms with Crippen molar-refractivity contribution in [3.63, 3.8) is 0 Å². The molecule has 0 spiro atoms. The Kier molecular flexibility index (Phi) is 4.14. The van der Waals surface area contributed by atoms with Crippen LogP contribution in [-0.2, 0) is 0 Å². The van der Waals surface area contributed by atoms with Gasteiger partial charge in [0.2, 0.25) is 0 Å². The molecule has 2 aromatic rings. The summed E-state index contributed by atoms with van der Waals surface area (Å²) in [4.78, 5) is 0. The molecule has 2 aromatic carbocycles. The van der Waals surface area contributed by atoms with Gasteiger partial charge in [0.1, 0.15) is 0 Å². The Labute approximate surface area is 127 Å². The smallest absolute Gasteiger partial charge is 0.0693 e. The van der Waals surface area contributed by atoms with Crippen molar-refractivity contribution in [2.75, 3.05) is 11.5 Å². The predicted octanol–water partition coefficient (Wildman–Crippen LogP) is 4.96. The second-order valence-electron chi connectivity index (χ2n) is 4.40. The van der Waals surface area contributed by atoms with Gasteiger partial charge in [0.25, 0.3) is 0 Å². The van der Waals surface area contributed by atoms with Gasteiger partial charge >= 0.3 is 0 Å². The van der Waals surface area contributed by atoms with Crippen molar-refractivity contribution in [1.29, 1.82) is 0 Å². The summed E-state index contributed by atoms with van der Waals surface area (Å²) in [6.45, 7) is 2.04. The molecule has 19 heavy (non-hydrogen) atoms. The fourth-order valence-corrected chi connectivity index (χ4v) is 2.55. The van der Waals surface area contributed by atoms with Gasteiger partial charge in [0, 0.05) is 5.92 Å². The van der Waals surface area contributed by atoms with Crippen molar-refractivity contribution in [2.45, 2.75) is 12.8 Å². The molecular weight excluding hydrogens is 303 g/mol. The van der Waals surface area contributed by atoms with E-state index >= 15 is 0 Å². The van der Waals surface area contributed by atoms with E-state index in [1.165, 1.54) is 0 Å². The third-order valence-corrected chi connectivity index (χ3v) is 4.08. The minimum absolute atomic E-state index is 0.0914. The number of rotatable bonds is 2. The number of hydrogen-bond donors (Lipinski definition) is 2. The maximum atomic E-state index is 6.05. The van der Waals surface area contributed by atoms with E-state index in [2.05, 4.69) is 0 Å². The van der Waals surface area contributed by atoms with E-state index in [4.69, 9.17) is 46.3 Å². The molecule has 0 aliphatic heterocycles. The molecule has 5 heteroatoms. The monoisotopic (exact) mass is 314 g/mol. The highest BCUT2D eigenvalue weighted by Gasteiger charge is 2.13. The minimum atomic E-state index is 0.0914. The summed E-state index contributed by atoms with van der Waals surface area (Å²) in [7, 11) is 0. The average Bonchev–Trinajstić information content (AvgIpc) is 2.37. The van der Waals surface area contributed by atoms with Crippen LogP contribution in [0.15, 0.2) is 30.3 Å². The van der Waals surface area contributed by atoms with Crippen molar-refractivity contribution < 1.29 is 0 Å². The quantitative estimate of drug-likeness (QED) is 0.769. The molecule has 0 bridgehead atoms. The normalized spacial score (nSPS) is 12.4. The molecular formula is C14H13Cl3N2. The number of halogens is 3. The maximum Gasteiger partial charge on any atom is 0.0693 e. The molecule has 100 valence electrons. The van der Waals surface area contributed by atoms with Gasteiger partial charge in [-0.1, -0.05) is 47.8 Å². The zero-order chi connectivity index (χ0) is 14.2. The molecule has 0 radical (unpaired) electrons. The highest BCUT2D eigenvalue weighted by Crippen LogP contribution is 2.35. The number of benzene rings is 2. The van der Waals surface area contributed by atoms with Gasteiger partial charge in [-0.3, -0.25) is 0 Å². The van der Waals surface area contributed by atoms with Crippen molar-refractivity contribution in [1.82, 2.24) is 0 Å². The summed E-state index contributed by atoms with van der Waals surface area (Å²) in [6.07, 6.45) is 0. The molecule has 0 aliphatic carbocycles. The molecule has 0 saturated heterocycles. The fraction of sp³-hybridized carbons (Fsp3) is 0.143. The summed E-state index contributed by atoms with van der Waals surface area (Å²) < 4.78 is 0. The van der Waals surface area contributed by atoms with E-state index < -0.39 is 0 Å². The van der Waals surface area contributed by atoms with Crippen molar-refractivity contribution >= 4 is 46.2 Å². The van der Waals surface area contributed by atoms with Crippen LogP contribution >= 0.6 is 34.8 Å². The number of anilines is 2. The maximum absolute atomic E-state index is 6.05. The van der Waals surface area contributed by atoms with E-state index in [-0.39, 0.29) is 5.92 Å². The van der Waals surface area contributed by atoms with E-state index in [0.29, 0.717) is 26.4 Å². The average molecular weight is 316 g/mol. The van der Waals surface area contributed by atoms with Crippen molar-refractivity contribution in [2.24, 2.45) is 0 Å². The summed E-state index contributed by atoms with van der Waals surface area (Å²) in [5, 5.41) is 1.45. The first-order valence-electron chi connectivity index (χ1n) is 5.69. The van der Waals surface area contributed by atoms with E-state index in [0.717, 1.165) is 11.1 Å². The molecule has 0 heterocycles. The lowest BCUT2D eigenvalue weighted by Gasteiger charge is -2.15. The molecule has 2 nitrogen and oxygen atoms in total. The summed E-state index contributed by atoms with van der Waals surface area (Å²) in [5.41, 5.74) is 14.4. The van der Waals surface area contributed by atoms with Crippen LogP contribution in [0.4, 0.5) is 11.4 Å². The molecule has 0 fully saturated rings. The topological polar surface area (TPSA) is 52.0 Å². The van der Waals surface area contributed by atoms with Gasteiger partial charge in [0.15, 0.2) is 0 Å². The number of nitrogens with two attached hydrogens (primary N) is 2. The van der Waals surface area contributed by atoms with Crippen LogP contribution in [-0.4, -0.2) is 0 Å². The number of nitrogen functional groups attached to an aromatic ring is 2. The van der Waals surface area contributed by atoms with Crippen molar-refractivity contribution in [3.8, 4) is 0 Å². The molecule has 0 amide bonds. The summed E-state index contributed by atoms with van der Waals surface area (Å²) in [6, 6.07) is 9.20.